The van der Waals surface area contributed by atoms with Gasteiger partial charge in [0.05, 0.1) is 6.04 Å². The van der Waals surface area contributed by atoms with Crippen molar-refractivity contribution in [1.29, 1.82) is 0 Å². The number of nitrogens with zero attached hydrogens (tertiary/aromatic N) is 1. The van der Waals surface area contributed by atoms with Crippen molar-refractivity contribution in [2.45, 2.75) is 38.1 Å². The molecule has 1 aliphatic carbocycles. The second-order valence-corrected chi connectivity index (χ2v) is 6.97. The minimum Gasteiger partial charge on any atom is -0.335 e. The van der Waals surface area contributed by atoms with E-state index in [0.717, 1.165) is 38.9 Å². The first-order valence-electron chi connectivity index (χ1n) is 8.36. The fourth-order valence-electron chi connectivity index (χ4n) is 4.43. The molecule has 112 valence electrons. The van der Waals surface area contributed by atoms with E-state index in [1.54, 1.807) is 0 Å². The average molecular weight is 284 g/mol. The molecule has 3 aliphatic rings. The quantitative estimate of drug-likeness (QED) is 0.905. The standard InChI is InChI=1S/C18H24N2O/c21-17(15-13-18(15)8-10-19-11-9-18)20-12-4-7-16(20)14-5-2-1-3-6-14/h1-3,5-6,15-16,19H,4,7-13H2. The van der Waals surface area contributed by atoms with Gasteiger partial charge in [0.15, 0.2) is 0 Å². The van der Waals surface area contributed by atoms with Gasteiger partial charge in [0.25, 0.3) is 0 Å². The second-order valence-electron chi connectivity index (χ2n) is 6.97. The smallest absolute Gasteiger partial charge is 0.226 e. The fourth-order valence-corrected chi connectivity index (χ4v) is 4.43. The van der Waals surface area contributed by atoms with Gasteiger partial charge in [-0.05, 0) is 56.2 Å². The first-order valence-corrected chi connectivity index (χ1v) is 8.36. The summed E-state index contributed by atoms with van der Waals surface area (Å²) in [6.07, 6.45) is 5.77. The number of rotatable bonds is 2. The Morgan fingerprint density at radius 2 is 1.95 bits per heavy atom. The van der Waals surface area contributed by atoms with E-state index in [9.17, 15) is 4.79 Å². The van der Waals surface area contributed by atoms with Gasteiger partial charge in [0.1, 0.15) is 0 Å². The van der Waals surface area contributed by atoms with Gasteiger partial charge in [-0.15, -0.1) is 0 Å². The molecule has 1 N–H and O–H groups in total. The summed E-state index contributed by atoms with van der Waals surface area (Å²) in [5.74, 6) is 0.743. The highest BCUT2D eigenvalue weighted by atomic mass is 16.2. The summed E-state index contributed by atoms with van der Waals surface area (Å²) in [4.78, 5) is 15.1. The zero-order valence-corrected chi connectivity index (χ0v) is 12.6. The molecule has 1 amide bonds. The zero-order valence-electron chi connectivity index (χ0n) is 12.6. The van der Waals surface area contributed by atoms with Crippen molar-refractivity contribution in [3.05, 3.63) is 35.9 Å². The molecule has 21 heavy (non-hydrogen) atoms. The Morgan fingerprint density at radius 3 is 2.71 bits per heavy atom. The minimum absolute atomic E-state index is 0.309. The summed E-state index contributed by atoms with van der Waals surface area (Å²) < 4.78 is 0. The van der Waals surface area contributed by atoms with Crippen LogP contribution in [0.3, 0.4) is 0 Å². The van der Waals surface area contributed by atoms with Crippen LogP contribution < -0.4 is 5.32 Å². The van der Waals surface area contributed by atoms with Crippen LogP contribution in [0.1, 0.15) is 43.7 Å². The van der Waals surface area contributed by atoms with Crippen LogP contribution in [0.2, 0.25) is 0 Å². The first kappa shape index (κ1) is 13.3. The second kappa shape index (κ2) is 5.13. The summed E-state index contributed by atoms with van der Waals surface area (Å²) in [5.41, 5.74) is 1.66. The lowest BCUT2D eigenvalue weighted by atomic mass is 9.91. The molecule has 3 fully saturated rings. The van der Waals surface area contributed by atoms with Crippen LogP contribution in [0.15, 0.2) is 30.3 Å². The summed E-state index contributed by atoms with van der Waals surface area (Å²) in [5, 5.41) is 3.42. The van der Waals surface area contributed by atoms with Crippen LogP contribution in [0.25, 0.3) is 0 Å². The monoisotopic (exact) mass is 284 g/mol. The van der Waals surface area contributed by atoms with E-state index in [4.69, 9.17) is 0 Å². The van der Waals surface area contributed by atoms with E-state index < -0.39 is 0 Å². The predicted molar refractivity (Wildman–Crippen MR) is 82.8 cm³/mol. The van der Waals surface area contributed by atoms with Crippen LogP contribution >= 0.6 is 0 Å². The van der Waals surface area contributed by atoms with Gasteiger partial charge >= 0.3 is 0 Å². The highest BCUT2D eigenvalue weighted by Gasteiger charge is 2.59. The highest BCUT2D eigenvalue weighted by Crippen LogP contribution is 2.59. The Hall–Kier alpha value is -1.35. The van der Waals surface area contributed by atoms with Crippen molar-refractivity contribution in [2.75, 3.05) is 19.6 Å². The third-order valence-corrected chi connectivity index (χ3v) is 5.81. The van der Waals surface area contributed by atoms with E-state index in [1.807, 2.05) is 0 Å². The largest absolute Gasteiger partial charge is 0.335 e. The van der Waals surface area contributed by atoms with Crippen LogP contribution in [-0.4, -0.2) is 30.4 Å². The number of piperidine rings is 1. The molecule has 1 aromatic carbocycles. The maximum Gasteiger partial charge on any atom is 0.226 e. The number of likely N-dealkylation sites (tertiary alicyclic amines) is 1. The van der Waals surface area contributed by atoms with E-state index in [2.05, 4.69) is 40.5 Å². The van der Waals surface area contributed by atoms with E-state index in [0.29, 0.717) is 23.3 Å². The minimum atomic E-state index is 0.309. The molecule has 1 spiro atoms. The molecule has 2 atom stereocenters. The van der Waals surface area contributed by atoms with Gasteiger partial charge in [-0.1, -0.05) is 30.3 Å². The van der Waals surface area contributed by atoms with Crippen molar-refractivity contribution in [1.82, 2.24) is 10.2 Å². The van der Waals surface area contributed by atoms with Crippen molar-refractivity contribution in [3.8, 4) is 0 Å². The topological polar surface area (TPSA) is 32.3 Å². The molecule has 2 saturated heterocycles. The Bertz CT molecular complexity index is 521. The molecular formula is C18H24N2O. The molecule has 4 rings (SSSR count). The van der Waals surface area contributed by atoms with Crippen LogP contribution in [0.4, 0.5) is 0 Å². The molecule has 1 aromatic rings. The number of carbonyl (C=O) groups is 1. The van der Waals surface area contributed by atoms with E-state index >= 15 is 0 Å². The Balaban J connectivity index is 1.49. The van der Waals surface area contributed by atoms with Crippen molar-refractivity contribution in [2.24, 2.45) is 11.3 Å². The average Bonchev–Trinajstić information content (AvgIpc) is 3.01. The maximum absolute atomic E-state index is 13.0. The molecule has 2 aliphatic heterocycles. The molecule has 0 aromatic heterocycles. The van der Waals surface area contributed by atoms with Gasteiger partial charge in [0.2, 0.25) is 5.91 Å². The van der Waals surface area contributed by atoms with Crippen molar-refractivity contribution in [3.63, 3.8) is 0 Å². The SMILES string of the molecule is O=C(C1CC12CCNCC2)N1CCCC1c1ccccc1. The fraction of sp³-hybridized carbons (Fsp3) is 0.611. The van der Waals surface area contributed by atoms with Gasteiger partial charge < -0.3 is 10.2 Å². The summed E-state index contributed by atoms with van der Waals surface area (Å²) >= 11 is 0. The highest BCUT2D eigenvalue weighted by molar-refractivity contribution is 5.83. The van der Waals surface area contributed by atoms with Crippen LogP contribution in [0.5, 0.6) is 0 Å². The Labute approximate surface area is 126 Å². The predicted octanol–water partition coefficient (Wildman–Crippen LogP) is 2.74. The molecule has 1 saturated carbocycles. The Kier molecular flexibility index (Phi) is 3.26. The molecule has 2 heterocycles. The zero-order chi connectivity index (χ0) is 14.3. The third-order valence-electron chi connectivity index (χ3n) is 5.81. The van der Waals surface area contributed by atoms with Crippen molar-refractivity contribution < 1.29 is 4.79 Å². The lowest BCUT2D eigenvalue weighted by molar-refractivity contribution is -0.134. The van der Waals surface area contributed by atoms with Gasteiger partial charge in [-0.2, -0.15) is 0 Å². The molecule has 2 unspecified atom stereocenters. The number of hydrogen-bond donors (Lipinski definition) is 1. The van der Waals surface area contributed by atoms with Gasteiger partial charge in [-0.25, -0.2) is 0 Å². The molecule has 3 nitrogen and oxygen atoms in total. The number of amides is 1. The number of benzene rings is 1. The van der Waals surface area contributed by atoms with Crippen LogP contribution in [-0.2, 0) is 4.79 Å². The molecule has 0 bridgehead atoms. The van der Waals surface area contributed by atoms with E-state index in [1.165, 1.54) is 18.4 Å². The number of nitrogens with one attached hydrogen (secondary N) is 1. The first-order chi connectivity index (χ1) is 10.3. The number of hydrogen-bond acceptors (Lipinski definition) is 2. The number of carbonyl (C=O) groups excluding carboxylic acids is 1. The molecular weight excluding hydrogens is 260 g/mol. The normalized spacial score (nSPS) is 30.6. The summed E-state index contributed by atoms with van der Waals surface area (Å²) in [6.45, 7) is 3.13. The van der Waals surface area contributed by atoms with Crippen molar-refractivity contribution >= 4 is 5.91 Å². The molecule has 0 radical (unpaired) electrons. The van der Waals surface area contributed by atoms with Gasteiger partial charge in [-0.3, -0.25) is 4.79 Å². The summed E-state index contributed by atoms with van der Waals surface area (Å²) in [6, 6.07) is 10.9. The van der Waals surface area contributed by atoms with E-state index in [-0.39, 0.29) is 0 Å². The summed E-state index contributed by atoms with van der Waals surface area (Å²) in [7, 11) is 0. The lowest BCUT2D eigenvalue weighted by Crippen LogP contribution is -2.36. The van der Waals surface area contributed by atoms with Crippen LogP contribution in [0, 0.1) is 11.3 Å². The van der Waals surface area contributed by atoms with Gasteiger partial charge in [0, 0.05) is 12.5 Å². The Morgan fingerprint density at radius 1 is 1.19 bits per heavy atom. The third kappa shape index (κ3) is 2.28. The molecule has 3 heteroatoms. The maximum atomic E-state index is 13.0. The lowest BCUT2D eigenvalue weighted by Gasteiger charge is -2.28.